The van der Waals surface area contributed by atoms with E-state index in [1.54, 1.807) is 0 Å². The third-order valence-corrected chi connectivity index (χ3v) is 12.8. The van der Waals surface area contributed by atoms with Crippen LogP contribution in [0.15, 0.2) is 11.6 Å². The molecule has 3 saturated carbocycles. The molecule has 0 aromatic rings. The summed E-state index contributed by atoms with van der Waals surface area (Å²) in [5.41, 5.74) is -0.971. The van der Waals surface area contributed by atoms with Gasteiger partial charge in [-0.1, -0.05) is 46.3 Å². The molecule has 4 aliphatic carbocycles. The van der Waals surface area contributed by atoms with Gasteiger partial charge in [0.05, 0.1) is 29.5 Å². The monoisotopic (exact) mass is 532 g/mol. The molecule has 0 aromatic carbocycles. The van der Waals surface area contributed by atoms with Crippen molar-refractivity contribution in [2.75, 3.05) is 0 Å². The lowest BCUT2D eigenvalue weighted by atomic mass is 9.40. The predicted molar refractivity (Wildman–Crippen MR) is 146 cm³/mol. The Kier molecular flexibility index (Phi) is 6.42. The maximum absolute atomic E-state index is 12.4. The molecule has 1 heterocycles. The van der Waals surface area contributed by atoms with E-state index in [0.29, 0.717) is 6.42 Å². The smallest absolute Gasteiger partial charge is 0.302 e. The van der Waals surface area contributed by atoms with Crippen molar-refractivity contribution in [3.8, 4) is 0 Å². The van der Waals surface area contributed by atoms with E-state index < -0.39 is 23.4 Å². The quantitative estimate of drug-likeness (QED) is 0.343. The fraction of sp³-hybridized carbons (Fsp3) is 0.906. The molecule has 11 atom stereocenters. The van der Waals surface area contributed by atoms with Gasteiger partial charge in [-0.25, -0.2) is 0 Å². The molecular formula is C32H52O6. The number of hydrogen-bond donors (Lipinski definition) is 3. The maximum atomic E-state index is 12.4. The van der Waals surface area contributed by atoms with Crippen LogP contribution >= 0.6 is 0 Å². The van der Waals surface area contributed by atoms with Gasteiger partial charge in [-0.2, -0.15) is 0 Å². The molecule has 1 saturated heterocycles. The number of hydrogen-bond acceptors (Lipinski definition) is 6. The van der Waals surface area contributed by atoms with Crippen molar-refractivity contribution < 1.29 is 29.6 Å². The first-order valence-electron chi connectivity index (χ1n) is 15.0. The third kappa shape index (κ3) is 3.75. The Bertz CT molecular complexity index is 1010. The molecule has 0 bridgehead atoms. The zero-order chi connectivity index (χ0) is 28.3. The van der Waals surface area contributed by atoms with Crippen LogP contribution in [0, 0.1) is 39.4 Å². The second kappa shape index (κ2) is 8.53. The molecule has 0 radical (unpaired) electrons. The van der Waals surface area contributed by atoms with Crippen LogP contribution in [0.25, 0.3) is 0 Å². The van der Waals surface area contributed by atoms with E-state index in [4.69, 9.17) is 9.47 Å². The van der Waals surface area contributed by atoms with Crippen molar-refractivity contribution in [1.82, 2.24) is 0 Å². The number of allylic oxidation sites excluding steroid dienone is 2. The molecule has 216 valence electrons. The summed E-state index contributed by atoms with van der Waals surface area (Å²) in [6, 6.07) is 0. The number of ether oxygens (including phenoxy) is 2. The molecule has 0 amide bonds. The fourth-order valence-corrected chi connectivity index (χ4v) is 10.9. The summed E-state index contributed by atoms with van der Waals surface area (Å²) >= 11 is 0. The Hall–Kier alpha value is -0.950. The molecule has 4 fully saturated rings. The Balaban J connectivity index is 1.59. The van der Waals surface area contributed by atoms with Gasteiger partial charge in [-0.05, 0) is 93.3 Å². The van der Waals surface area contributed by atoms with Gasteiger partial charge in [0.2, 0.25) is 0 Å². The van der Waals surface area contributed by atoms with Gasteiger partial charge in [-0.15, -0.1) is 0 Å². The van der Waals surface area contributed by atoms with E-state index in [-0.39, 0.29) is 57.6 Å². The number of rotatable bonds is 3. The van der Waals surface area contributed by atoms with Crippen molar-refractivity contribution in [3.05, 3.63) is 11.6 Å². The van der Waals surface area contributed by atoms with Gasteiger partial charge >= 0.3 is 5.97 Å². The number of aliphatic hydroxyl groups excluding tert-OH is 2. The lowest BCUT2D eigenvalue weighted by Crippen LogP contribution is -2.62. The summed E-state index contributed by atoms with van der Waals surface area (Å²) < 4.78 is 12.9. The summed E-state index contributed by atoms with van der Waals surface area (Å²) in [4.78, 5) is 12.4. The topological polar surface area (TPSA) is 96.2 Å². The number of carbonyl (C=O) groups is 1. The lowest BCUT2D eigenvalue weighted by Gasteiger charge is -2.65. The Morgan fingerprint density at radius 1 is 1.03 bits per heavy atom. The minimum absolute atomic E-state index is 0.00102. The number of aliphatic hydroxyl groups is 3. The highest BCUT2D eigenvalue weighted by molar-refractivity contribution is 5.66. The predicted octanol–water partition coefficient (Wildman–Crippen LogP) is 5.17. The highest BCUT2D eigenvalue weighted by Crippen LogP contribution is 2.74. The first kappa shape index (κ1) is 28.6. The summed E-state index contributed by atoms with van der Waals surface area (Å²) in [5, 5.41) is 33.5. The van der Waals surface area contributed by atoms with E-state index in [1.807, 2.05) is 13.8 Å². The number of esters is 1. The van der Waals surface area contributed by atoms with Crippen molar-refractivity contribution in [1.29, 1.82) is 0 Å². The van der Waals surface area contributed by atoms with E-state index in [1.165, 1.54) is 12.5 Å². The van der Waals surface area contributed by atoms with Gasteiger partial charge in [-0.3, -0.25) is 4.79 Å². The van der Waals surface area contributed by atoms with Crippen LogP contribution in [0.5, 0.6) is 0 Å². The van der Waals surface area contributed by atoms with Crippen LogP contribution < -0.4 is 0 Å². The van der Waals surface area contributed by atoms with Crippen molar-refractivity contribution in [2.45, 2.75) is 143 Å². The second-order valence-electron chi connectivity index (χ2n) is 15.8. The summed E-state index contributed by atoms with van der Waals surface area (Å²) in [7, 11) is 0. The largest absolute Gasteiger partial charge is 0.462 e. The SMILES string of the molecule is CC(=O)O[C@H]1C[C@@]2(C)C3C[C@H](O)C4C(C)(C)[C@@H](O)CC[C@]4(C)C3=CC[C@]2(C)[C@H]1[C@]1(C)CC[C@H](C(C)(C)O)O1. The Labute approximate surface area is 229 Å². The number of carbonyl (C=O) groups excluding carboxylic acids is 1. The van der Waals surface area contributed by atoms with Crippen LogP contribution in [0.4, 0.5) is 0 Å². The van der Waals surface area contributed by atoms with Crippen molar-refractivity contribution >= 4 is 5.97 Å². The van der Waals surface area contributed by atoms with E-state index in [2.05, 4.69) is 47.6 Å². The van der Waals surface area contributed by atoms with Crippen molar-refractivity contribution in [3.63, 3.8) is 0 Å². The molecule has 1 aliphatic heterocycles. The molecule has 38 heavy (non-hydrogen) atoms. The summed E-state index contributed by atoms with van der Waals surface area (Å²) in [5.74, 6) is -0.125. The van der Waals surface area contributed by atoms with E-state index in [0.717, 1.165) is 38.5 Å². The second-order valence-corrected chi connectivity index (χ2v) is 15.8. The molecule has 6 heteroatoms. The number of fused-ring (bicyclic) bond motifs is 5. The van der Waals surface area contributed by atoms with Crippen LogP contribution in [0.1, 0.15) is 107 Å². The van der Waals surface area contributed by atoms with Gasteiger partial charge in [0.25, 0.3) is 0 Å². The highest BCUT2D eigenvalue weighted by atomic mass is 16.6. The van der Waals surface area contributed by atoms with Crippen LogP contribution in [0.3, 0.4) is 0 Å². The van der Waals surface area contributed by atoms with Crippen LogP contribution in [-0.2, 0) is 14.3 Å². The van der Waals surface area contributed by atoms with Gasteiger partial charge in [0, 0.05) is 18.8 Å². The van der Waals surface area contributed by atoms with E-state index in [9.17, 15) is 20.1 Å². The zero-order valence-corrected chi connectivity index (χ0v) is 25.1. The average molecular weight is 533 g/mol. The summed E-state index contributed by atoms with van der Waals surface area (Å²) in [6.07, 6.45) is 6.48. The minimum atomic E-state index is -0.938. The van der Waals surface area contributed by atoms with E-state index >= 15 is 0 Å². The minimum Gasteiger partial charge on any atom is -0.462 e. The first-order valence-corrected chi connectivity index (χ1v) is 15.0. The van der Waals surface area contributed by atoms with Gasteiger partial charge < -0.3 is 24.8 Å². The van der Waals surface area contributed by atoms with Crippen molar-refractivity contribution in [2.24, 2.45) is 39.4 Å². The zero-order valence-electron chi connectivity index (χ0n) is 25.1. The van der Waals surface area contributed by atoms with Gasteiger partial charge in [0.15, 0.2) is 0 Å². The highest BCUT2D eigenvalue weighted by Gasteiger charge is 2.72. The first-order chi connectivity index (χ1) is 17.3. The maximum Gasteiger partial charge on any atom is 0.302 e. The van der Waals surface area contributed by atoms with Crippen LogP contribution in [-0.4, -0.2) is 56.9 Å². The molecule has 5 aliphatic rings. The summed E-state index contributed by atoms with van der Waals surface area (Å²) in [6.45, 7) is 18.6. The molecule has 2 unspecified atom stereocenters. The normalized spacial score (nSPS) is 52.0. The third-order valence-electron chi connectivity index (χ3n) is 12.8. The lowest BCUT2D eigenvalue weighted by molar-refractivity contribution is -0.188. The molecule has 3 N–H and O–H groups in total. The molecule has 5 rings (SSSR count). The standard InChI is InChI=1S/C32H52O6/c1-18(33)37-22-17-31(8)20-16-21(34)25-27(2,3)23(35)11-13-29(25,6)19(20)10-14-30(31,7)26(22)32(9)15-12-24(38-32)28(4,5)36/h10,20-26,34-36H,11-17H2,1-9H3/t20?,21-,22-,23-,24+,25?,26-,29+,30+,31-,32-/m0/s1. The molecular weight excluding hydrogens is 480 g/mol. The molecule has 6 nitrogen and oxygen atoms in total. The Morgan fingerprint density at radius 2 is 1.68 bits per heavy atom. The van der Waals surface area contributed by atoms with Crippen LogP contribution in [0.2, 0.25) is 0 Å². The molecule has 0 aromatic heterocycles. The average Bonchev–Trinajstić information content (AvgIpc) is 3.26. The Morgan fingerprint density at radius 3 is 2.26 bits per heavy atom. The fourth-order valence-electron chi connectivity index (χ4n) is 10.9. The van der Waals surface area contributed by atoms with Gasteiger partial charge in [0.1, 0.15) is 6.10 Å². The molecule has 0 spiro atoms.